The standard InChI is InChI=1S/C5H6O4.Yb/c1-3(6)5(8)9-4(2)7;/h1-2H3;. The van der Waals surface area contributed by atoms with E-state index in [9.17, 15) is 14.4 Å². The quantitative estimate of drug-likeness (QED) is 0.378. The zero-order valence-corrected chi connectivity index (χ0v) is 7.12. The Hall–Kier alpha value is 0.329. The van der Waals surface area contributed by atoms with Crippen molar-refractivity contribution < 1.29 is 66.0 Å². The average Bonchev–Trinajstić information content (AvgIpc) is 1.63. The van der Waals surface area contributed by atoms with Crippen molar-refractivity contribution in [1.82, 2.24) is 0 Å². The first-order valence-electron chi connectivity index (χ1n) is 2.27. The zero-order chi connectivity index (χ0) is 7.44. The fourth-order valence-electron chi connectivity index (χ4n) is 0.202. The summed E-state index contributed by atoms with van der Waals surface area (Å²) in [6.45, 7) is 2.09. The van der Waals surface area contributed by atoms with Gasteiger partial charge in [-0.05, 0) is 0 Å². The summed E-state index contributed by atoms with van der Waals surface area (Å²) in [7, 11) is 0. The number of carbonyl (C=O) groups is 3. The molecule has 0 unspecified atom stereocenters. The molecule has 0 radical (unpaired) electrons. The van der Waals surface area contributed by atoms with E-state index in [1.54, 1.807) is 0 Å². The Morgan fingerprint density at radius 1 is 1.10 bits per heavy atom. The molecule has 0 aliphatic carbocycles. The van der Waals surface area contributed by atoms with Crippen molar-refractivity contribution in [2.75, 3.05) is 0 Å². The summed E-state index contributed by atoms with van der Waals surface area (Å²) in [6.07, 6.45) is 0. The minimum absolute atomic E-state index is 0. The molecule has 0 amide bonds. The molecule has 0 fully saturated rings. The number of hydrogen-bond donors (Lipinski definition) is 0. The molecule has 0 aromatic heterocycles. The van der Waals surface area contributed by atoms with Gasteiger partial charge in [0.05, 0.1) is 0 Å². The van der Waals surface area contributed by atoms with Gasteiger partial charge in [-0.25, -0.2) is 4.79 Å². The Balaban J connectivity index is 0. The molecule has 10 heavy (non-hydrogen) atoms. The molecule has 0 saturated heterocycles. The van der Waals surface area contributed by atoms with Crippen LogP contribution in [0.1, 0.15) is 13.8 Å². The van der Waals surface area contributed by atoms with Crippen molar-refractivity contribution in [2.45, 2.75) is 13.8 Å². The van der Waals surface area contributed by atoms with Crippen LogP contribution in [0, 0.1) is 46.9 Å². The molecule has 0 atom stereocenters. The first-order valence-corrected chi connectivity index (χ1v) is 2.27. The molecule has 0 rings (SSSR count). The normalized spacial score (nSPS) is 7.40. The van der Waals surface area contributed by atoms with Gasteiger partial charge in [0, 0.05) is 60.8 Å². The fraction of sp³-hybridized carbons (Fsp3) is 0.400. The van der Waals surface area contributed by atoms with Crippen LogP contribution in [0.5, 0.6) is 0 Å². The molecule has 0 aliphatic rings. The molecule has 0 aromatic carbocycles. The third-order valence-electron chi connectivity index (χ3n) is 0.524. The van der Waals surface area contributed by atoms with E-state index in [4.69, 9.17) is 0 Å². The van der Waals surface area contributed by atoms with Gasteiger partial charge in [-0.1, -0.05) is 0 Å². The van der Waals surface area contributed by atoms with Crippen molar-refractivity contribution >= 4 is 17.7 Å². The Labute approximate surface area is 96.5 Å². The van der Waals surface area contributed by atoms with E-state index in [0.29, 0.717) is 0 Å². The van der Waals surface area contributed by atoms with Crippen LogP contribution in [-0.4, -0.2) is 17.7 Å². The van der Waals surface area contributed by atoms with E-state index >= 15 is 0 Å². The van der Waals surface area contributed by atoms with Gasteiger partial charge in [-0.15, -0.1) is 0 Å². The van der Waals surface area contributed by atoms with Crippen LogP contribution in [0.15, 0.2) is 0 Å². The molecule has 0 aliphatic heterocycles. The minimum atomic E-state index is -1.11. The second-order valence-corrected chi connectivity index (χ2v) is 1.44. The first kappa shape index (κ1) is 13.0. The summed E-state index contributed by atoms with van der Waals surface area (Å²) in [6, 6.07) is 0. The number of ether oxygens (including phenoxy) is 1. The minimum Gasteiger partial charge on any atom is -0.387 e. The summed E-state index contributed by atoms with van der Waals surface area (Å²) in [5.41, 5.74) is 0. The van der Waals surface area contributed by atoms with E-state index < -0.39 is 17.7 Å². The van der Waals surface area contributed by atoms with Gasteiger partial charge in [0.2, 0.25) is 5.78 Å². The smallest absolute Gasteiger partial charge is 0.381 e. The van der Waals surface area contributed by atoms with Crippen molar-refractivity contribution in [1.29, 1.82) is 0 Å². The van der Waals surface area contributed by atoms with Crippen molar-refractivity contribution in [2.24, 2.45) is 0 Å². The van der Waals surface area contributed by atoms with E-state index in [1.807, 2.05) is 0 Å². The first-order chi connectivity index (χ1) is 4.04. The van der Waals surface area contributed by atoms with Crippen molar-refractivity contribution in [3.8, 4) is 0 Å². The molecule has 5 heteroatoms. The van der Waals surface area contributed by atoms with Crippen LogP contribution in [0.2, 0.25) is 0 Å². The molecule has 0 spiro atoms. The maximum Gasteiger partial charge on any atom is 0.381 e. The summed E-state index contributed by atoms with van der Waals surface area (Å²) < 4.78 is 3.88. The number of ketones is 1. The molecule has 0 heterocycles. The second-order valence-electron chi connectivity index (χ2n) is 1.44. The van der Waals surface area contributed by atoms with Crippen LogP contribution >= 0.6 is 0 Å². The fourth-order valence-corrected chi connectivity index (χ4v) is 0.202. The van der Waals surface area contributed by atoms with Gasteiger partial charge in [-0.2, -0.15) is 0 Å². The third kappa shape index (κ3) is 6.45. The Morgan fingerprint density at radius 3 is 1.60 bits per heavy atom. The van der Waals surface area contributed by atoms with Crippen LogP contribution in [0.3, 0.4) is 0 Å². The molecule has 0 saturated carbocycles. The van der Waals surface area contributed by atoms with Gasteiger partial charge >= 0.3 is 11.9 Å². The molecule has 0 aromatic rings. The molecule has 0 bridgehead atoms. The summed E-state index contributed by atoms with van der Waals surface area (Å²) in [5, 5.41) is 0. The zero-order valence-electron chi connectivity index (χ0n) is 5.40. The molecular weight excluding hydrogens is 297 g/mol. The number of hydrogen-bond acceptors (Lipinski definition) is 4. The van der Waals surface area contributed by atoms with E-state index in [2.05, 4.69) is 4.74 Å². The monoisotopic (exact) mass is 304 g/mol. The van der Waals surface area contributed by atoms with E-state index in [0.717, 1.165) is 13.8 Å². The van der Waals surface area contributed by atoms with Crippen LogP contribution in [-0.2, 0) is 19.1 Å². The van der Waals surface area contributed by atoms with Crippen molar-refractivity contribution in [3.05, 3.63) is 0 Å². The van der Waals surface area contributed by atoms with E-state index in [1.165, 1.54) is 0 Å². The summed E-state index contributed by atoms with van der Waals surface area (Å²) in [4.78, 5) is 30.2. The molecular formula is C5H6O4Yb. The third-order valence-corrected chi connectivity index (χ3v) is 0.524. The predicted octanol–water partition coefficient (Wildman–Crippen LogP) is -0.335. The maximum absolute atomic E-state index is 10.2. The Bertz CT molecular complexity index is 163. The van der Waals surface area contributed by atoms with Gasteiger partial charge in [0.25, 0.3) is 0 Å². The largest absolute Gasteiger partial charge is 0.387 e. The molecule has 64 valence electrons. The van der Waals surface area contributed by atoms with Gasteiger partial charge in [-0.3, -0.25) is 9.59 Å². The molecule has 4 nitrogen and oxygen atoms in total. The number of esters is 2. The average molecular weight is 303 g/mol. The second kappa shape index (κ2) is 6.07. The van der Waals surface area contributed by atoms with Gasteiger partial charge in [0.1, 0.15) is 0 Å². The predicted molar refractivity (Wildman–Crippen MR) is 27.5 cm³/mol. The molecule has 0 N–H and O–H groups in total. The SMILES string of the molecule is CC(=O)OC(=O)C(C)=O.[Yb]. The summed E-state index contributed by atoms with van der Waals surface area (Å²) >= 11 is 0. The number of rotatable bonds is 1. The van der Waals surface area contributed by atoms with Gasteiger partial charge < -0.3 is 4.74 Å². The van der Waals surface area contributed by atoms with Gasteiger partial charge in [0.15, 0.2) is 0 Å². The number of carbonyl (C=O) groups excluding carboxylic acids is 3. The maximum atomic E-state index is 10.2. The van der Waals surface area contributed by atoms with Crippen LogP contribution in [0.4, 0.5) is 0 Å². The van der Waals surface area contributed by atoms with E-state index in [-0.39, 0.29) is 46.9 Å². The Kier molecular flexibility index (Phi) is 7.86. The van der Waals surface area contributed by atoms with Crippen LogP contribution in [0.25, 0.3) is 0 Å². The topological polar surface area (TPSA) is 60.4 Å². The summed E-state index contributed by atoms with van der Waals surface area (Å²) in [5.74, 6) is -2.65. The van der Waals surface area contributed by atoms with Crippen molar-refractivity contribution in [3.63, 3.8) is 0 Å². The Morgan fingerprint density at radius 2 is 1.50 bits per heavy atom. The van der Waals surface area contributed by atoms with Crippen LogP contribution < -0.4 is 0 Å². The number of Topliss-reactive ketones (excluding diaryl/α,β-unsaturated/α-hetero) is 1.